The lowest BCUT2D eigenvalue weighted by atomic mass is 9.84. The van der Waals surface area contributed by atoms with Gasteiger partial charge in [-0.1, -0.05) is 19.3 Å². The van der Waals surface area contributed by atoms with E-state index in [-0.39, 0.29) is 6.10 Å². The second-order valence-electron chi connectivity index (χ2n) is 5.17. The molecule has 96 valence electrons. The highest BCUT2D eigenvalue weighted by Gasteiger charge is 2.20. The van der Waals surface area contributed by atoms with Crippen molar-refractivity contribution in [1.82, 2.24) is 5.32 Å². The molecule has 1 heterocycles. The zero-order chi connectivity index (χ0) is 12.1. The van der Waals surface area contributed by atoms with Crippen LogP contribution in [0, 0.1) is 5.92 Å². The van der Waals surface area contributed by atoms with Gasteiger partial charge in [0.15, 0.2) is 0 Å². The van der Waals surface area contributed by atoms with Crippen LogP contribution in [0.2, 0.25) is 0 Å². The van der Waals surface area contributed by atoms with Crippen LogP contribution in [0.25, 0.3) is 0 Å². The van der Waals surface area contributed by atoms with Gasteiger partial charge in [0.05, 0.1) is 6.10 Å². The van der Waals surface area contributed by atoms with Gasteiger partial charge in [-0.05, 0) is 48.1 Å². The minimum atomic E-state index is -0.354. The molecule has 1 aliphatic rings. The number of aliphatic hydroxyl groups is 1. The van der Waals surface area contributed by atoms with E-state index in [4.69, 9.17) is 0 Å². The number of hydrogen-bond acceptors (Lipinski definition) is 3. The number of aliphatic hydroxyl groups excluding tert-OH is 1. The molecule has 1 aliphatic carbocycles. The lowest BCUT2D eigenvalue weighted by Crippen LogP contribution is -2.37. The first-order valence-corrected chi connectivity index (χ1v) is 7.65. The number of hydrogen-bond donors (Lipinski definition) is 2. The van der Waals surface area contributed by atoms with Crippen molar-refractivity contribution < 1.29 is 5.11 Å². The quantitative estimate of drug-likeness (QED) is 0.843. The molecule has 0 spiro atoms. The Bertz CT molecular complexity index is 306. The summed E-state index contributed by atoms with van der Waals surface area (Å²) in [5.74, 6) is 0.804. The fraction of sp³-hybridized carbons (Fsp3) is 0.714. The molecule has 1 saturated carbocycles. The molecule has 2 atom stereocenters. The maximum atomic E-state index is 10.0. The molecule has 0 aromatic carbocycles. The predicted octanol–water partition coefficient (Wildman–Crippen LogP) is 3.34. The zero-order valence-corrected chi connectivity index (χ0v) is 11.4. The average molecular weight is 253 g/mol. The van der Waals surface area contributed by atoms with Gasteiger partial charge in [0.2, 0.25) is 0 Å². The standard InChI is InChI=1S/C14H23NOS/c1-11(12-5-3-2-4-6-12)15-9-14(16)13-7-8-17-10-13/h7-8,10-12,14-16H,2-6,9H2,1H3. The Hall–Kier alpha value is -0.380. The van der Waals surface area contributed by atoms with Crippen molar-refractivity contribution in [3.8, 4) is 0 Å². The Morgan fingerprint density at radius 2 is 2.18 bits per heavy atom. The van der Waals surface area contributed by atoms with Gasteiger partial charge in [-0.3, -0.25) is 0 Å². The van der Waals surface area contributed by atoms with Crippen LogP contribution in [0.4, 0.5) is 0 Å². The van der Waals surface area contributed by atoms with Crippen LogP contribution in [-0.2, 0) is 0 Å². The van der Waals surface area contributed by atoms with Crippen molar-refractivity contribution in [2.75, 3.05) is 6.54 Å². The monoisotopic (exact) mass is 253 g/mol. The highest BCUT2D eigenvalue weighted by molar-refractivity contribution is 7.07. The molecular formula is C14H23NOS. The lowest BCUT2D eigenvalue weighted by molar-refractivity contribution is 0.161. The summed E-state index contributed by atoms with van der Waals surface area (Å²) in [5.41, 5.74) is 1.04. The molecule has 0 radical (unpaired) electrons. The molecule has 1 aromatic rings. The van der Waals surface area contributed by atoms with Gasteiger partial charge in [0, 0.05) is 12.6 Å². The van der Waals surface area contributed by atoms with Crippen LogP contribution < -0.4 is 5.32 Å². The highest BCUT2D eigenvalue weighted by Crippen LogP contribution is 2.26. The van der Waals surface area contributed by atoms with Gasteiger partial charge >= 0.3 is 0 Å². The first-order valence-electron chi connectivity index (χ1n) is 6.71. The molecule has 2 nitrogen and oxygen atoms in total. The van der Waals surface area contributed by atoms with Gasteiger partial charge in [-0.2, -0.15) is 11.3 Å². The fourth-order valence-corrected chi connectivity index (χ4v) is 3.39. The van der Waals surface area contributed by atoms with Crippen molar-refractivity contribution in [3.05, 3.63) is 22.4 Å². The Balaban J connectivity index is 1.73. The Morgan fingerprint density at radius 3 is 2.82 bits per heavy atom. The van der Waals surface area contributed by atoms with Gasteiger partial charge in [0.25, 0.3) is 0 Å². The third kappa shape index (κ3) is 3.80. The van der Waals surface area contributed by atoms with E-state index < -0.39 is 0 Å². The van der Waals surface area contributed by atoms with E-state index >= 15 is 0 Å². The molecule has 2 unspecified atom stereocenters. The lowest BCUT2D eigenvalue weighted by Gasteiger charge is -2.29. The first-order chi connectivity index (χ1) is 8.27. The first kappa shape index (κ1) is 13.1. The summed E-state index contributed by atoms with van der Waals surface area (Å²) in [6.45, 7) is 2.94. The SMILES string of the molecule is CC(NCC(O)c1ccsc1)C1CCCCC1. The molecule has 0 saturated heterocycles. The van der Waals surface area contributed by atoms with Crippen LogP contribution in [0.15, 0.2) is 16.8 Å². The third-order valence-electron chi connectivity index (χ3n) is 3.92. The van der Waals surface area contributed by atoms with Crippen molar-refractivity contribution in [1.29, 1.82) is 0 Å². The largest absolute Gasteiger partial charge is 0.387 e. The summed E-state index contributed by atoms with van der Waals surface area (Å²) in [6, 6.07) is 2.53. The van der Waals surface area contributed by atoms with E-state index in [0.717, 1.165) is 11.5 Å². The van der Waals surface area contributed by atoms with Crippen LogP contribution in [-0.4, -0.2) is 17.7 Å². The molecule has 0 amide bonds. The van der Waals surface area contributed by atoms with E-state index in [2.05, 4.69) is 12.2 Å². The minimum absolute atomic E-state index is 0.354. The summed E-state index contributed by atoms with van der Waals surface area (Å²) in [6.07, 6.45) is 6.51. The highest BCUT2D eigenvalue weighted by atomic mass is 32.1. The molecule has 2 N–H and O–H groups in total. The Labute approximate surface area is 108 Å². The second-order valence-corrected chi connectivity index (χ2v) is 5.95. The van der Waals surface area contributed by atoms with E-state index in [1.165, 1.54) is 32.1 Å². The summed E-state index contributed by atoms with van der Waals surface area (Å²) < 4.78 is 0. The third-order valence-corrected chi connectivity index (χ3v) is 4.62. The van der Waals surface area contributed by atoms with Gasteiger partial charge in [0.1, 0.15) is 0 Å². The molecule has 3 heteroatoms. The maximum absolute atomic E-state index is 10.0. The zero-order valence-electron chi connectivity index (χ0n) is 10.6. The van der Waals surface area contributed by atoms with E-state index in [0.29, 0.717) is 12.6 Å². The van der Waals surface area contributed by atoms with Crippen molar-refractivity contribution in [2.45, 2.75) is 51.2 Å². The average Bonchev–Trinajstić information content (AvgIpc) is 2.90. The smallest absolute Gasteiger partial charge is 0.0922 e. The predicted molar refractivity (Wildman–Crippen MR) is 73.3 cm³/mol. The summed E-state index contributed by atoms with van der Waals surface area (Å²) >= 11 is 1.64. The molecule has 17 heavy (non-hydrogen) atoms. The minimum Gasteiger partial charge on any atom is -0.387 e. The maximum Gasteiger partial charge on any atom is 0.0922 e. The summed E-state index contributed by atoms with van der Waals surface area (Å²) in [7, 11) is 0. The molecule has 1 aromatic heterocycles. The fourth-order valence-electron chi connectivity index (χ4n) is 2.68. The van der Waals surface area contributed by atoms with E-state index in [1.54, 1.807) is 11.3 Å². The summed E-state index contributed by atoms with van der Waals surface area (Å²) in [4.78, 5) is 0. The normalized spacial score (nSPS) is 21.3. The molecule has 0 aliphatic heterocycles. The van der Waals surface area contributed by atoms with Gasteiger partial charge in [-0.15, -0.1) is 0 Å². The van der Waals surface area contributed by atoms with Crippen LogP contribution >= 0.6 is 11.3 Å². The number of thiophene rings is 1. The van der Waals surface area contributed by atoms with Crippen LogP contribution in [0.3, 0.4) is 0 Å². The topological polar surface area (TPSA) is 32.3 Å². The summed E-state index contributed by atoms with van der Waals surface area (Å²) in [5, 5.41) is 17.5. The van der Waals surface area contributed by atoms with E-state index in [9.17, 15) is 5.11 Å². The molecule has 0 bridgehead atoms. The number of nitrogens with one attached hydrogen (secondary N) is 1. The van der Waals surface area contributed by atoms with Crippen molar-refractivity contribution in [2.24, 2.45) is 5.92 Å². The second kappa shape index (κ2) is 6.53. The van der Waals surface area contributed by atoms with Crippen LogP contribution in [0.5, 0.6) is 0 Å². The van der Waals surface area contributed by atoms with Crippen LogP contribution in [0.1, 0.15) is 50.7 Å². The molecule has 1 fully saturated rings. The Kier molecular flexibility index (Phi) is 5.01. The van der Waals surface area contributed by atoms with Crippen molar-refractivity contribution >= 4 is 11.3 Å². The Morgan fingerprint density at radius 1 is 1.41 bits per heavy atom. The van der Waals surface area contributed by atoms with Gasteiger partial charge in [-0.25, -0.2) is 0 Å². The van der Waals surface area contributed by atoms with E-state index in [1.807, 2.05) is 16.8 Å². The molecular weight excluding hydrogens is 230 g/mol. The number of rotatable bonds is 5. The van der Waals surface area contributed by atoms with Crippen molar-refractivity contribution in [3.63, 3.8) is 0 Å². The molecule has 2 rings (SSSR count). The van der Waals surface area contributed by atoms with Gasteiger partial charge < -0.3 is 10.4 Å².